The summed E-state index contributed by atoms with van der Waals surface area (Å²) in [6.45, 7) is 3.77. The maximum atomic E-state index is 11.5. The lowest BCUT2D eigenvalue weighted by Gasteiger charge is -2.20. The largest absolute Gasteiger partial charge is 0.327 e. The second kappa shape index (κ2) is 6.04. The average Bonchev–Trinajstić information content (AvgIpc) is 2.35. The van der Waals surface area contributed by atoms with E-state index >= 15 is 0 Å². The lowest BCUT2D eigenvalue weighted by Crippen LogP contribution is -2.23. The van der Waals surface area contributed by atoms with Crippen LogP contribution in [0.4, 0.5) is 0 Å². The molecule has 0 amide bonds. The number of nitrogens with two attached hydrogens (primary N) is 1. The first-order valence-corrected chi connectivity index (χ1v) is 6.99. The highest BCUT2D eigenvalue weighted by Crippen LogP contribution is 2.34. The van der Waals surface area contributed by atoms with Crippen molar-refractivity contribution in [1.82, 2.24) is 9.97 Å². The number of aromatic nitrogens is 2. The number of nitrogens with one attached hydrogen (secondary N) is 1. The van der Waals surface area contributed by atoms with Gasteiger partial charge in [-0.15, -0.1) is 0 Å². The Kier molecular flexibility index (Phi) is 4.39. The third-order valence-corrected chi connectivity index (χ3v) is 4.06. The molecule has 4 nitrogen and oxygen atoms in total. The third-order valence-electron chi connectivity index (χ3n) is 2.69. The minimum Gasteiger partial charge on any atom is -0.327 e. The van der Waals surface area contributed by atoms with Crippen LogP contribution >= 0.6 is 11.8 Å². The minimum atomic E-state index is -0.133. The first-order valence-electron chi connectivity index (χ1n) is 6.11. The van der Waals surface area contributed by atoms with Gasteiger partial charge in [0.25, 0.3) is 5.56 Å². The lowest BCUT2D eigenvalue weighted by atomic mass is 10.1. The number of nitrogens with zero attached hydrogens (tertiary/aromatic N) is 1. The van der Waals surface area contributed by atoms with Gasteiger partial charge in [-0.1, -0.05) is 42.1 Å². The van der Waals surface area contributed by atoms with Crippen molar-refractivity contribution in [3.05, 3.63) is 58.0 Å². The van der Waals surface area contributed by atoms with Crippen molar-refractivity contribution in [1.29, 1.82) is 0 Å². The first-order chi connectivity index (χ1) is 9.06. The Balaban J connectivity index is 2.29. The van der Waals surface area contributed by atoms with Crippen LogP contribution in [-0.4, -0.2) is 16.0 Å². The molecule has 0 fully saturated rings. The Bertz CT molecular complexity index is 595. The van der Waals surface area contributed by atoms with Crippen LogP contribution in [-0.2, 0) is 0 Å². The van der Waals surface area contributed by atoms with Gasteiger partial charge in [0, 0.05) is 17.8 Å². The van der Waals surface area contributed by atoms with Crippen LogP contribution < -0.4 is 11.3 Å². The molecular formula is C14H17N3OS. The number of benzene rings is 1. The second-order valence-electron chi connectivity index (χ2n) is 4.50. The predicted octanol–water partition coefficient (Wildman–Crippen LogP) is 2.26. The van der Waals surface area contributed by atoms with Gasteiger partial charge < -0.3 is 10.7 Å². The molecule has 0 radical (unpaired) electrons. The standard InChI is InChI=1S/C14H17N3OS/c1-9-8-12(18)17-14(16-9)19-13(10(2)15)11-6-4-3-5-7-11/h3-8,10,13H,15H2,1-2H3,(H,16,17,18). The molecule has 2 atom stereocenters. The van der Waals surface area contributed by atoms with Crippen molar-refractivity contribution in [2.45, 2.75) is 30.3 Å². The molecule has 2 unspecified atom stereocenters. The quantitative estimate of drug-likeness (QED) is 0.663. The molecule has 100 valence electrons. The average molecular weight is 275 g/mol. The zero-order chi connectivity index (χ0) is 13.8. The van der Waals surface area contributed by atoms with Gasteiger partial charge in [-0.05, 0) is 19.4 Å². The molecule has 0 saturated carbocycles. The van der Waals surface area contributed by atoms with Crippen LogP contribution in [0.3, 0.4) is 0 Å². The Morgan fingerprint density at radius 1 is 1.32 bits per heavy atom. The molecule has 0 bridgehead atoms. The van der Waals surface area contributed by atoms with Crippen molar-refractivity contribution < 1.29 is 0 Å². The molecule has 0 saturated heterocycles. The molecule has 19 heavy (non-hydrogen) atoms. The molecule has 1 aromatic carbocycles. The van der Waals surface area contributed by atoms with E-state index < -0.39 is 0 Å². The Morgan fingerprint density at radius 3 is 2.58 bits per heavy atom. The number of aryl methyl sites for hydroxylation is 1. The molecule has 2 aromatic rings. The predicted molar refractivity (Wildman–Crippen MR) is 78.3 cm³/mol. The van der Waals surface area contributed by atoms with Gasteiger partial charge in [-0.3, -0.25) is 4.79 Å². The highest BCUT2D eigenvalue weighted by molar-refractivity contribution is 7.99. The fourth-order valence-corrected chi connectivity index (χ4v) is 2.95. The van der Waals surface area contributed by atoms with Crippen LogP contribution in [0.2, 0.25) is 0 Å². The normalized spacial score (nSPS) is 14.1. The van der Waals surface area contributed by atoms with Gasteiger partial charge in [0.2, 0.25) is 0 Å². The van der Waals surface area contributed by atoms with Crippen LogP contribution in [0, 0.1) is 6.92 Å². The van der Waals surface area contributed by atoms with E-state index in [1.807, 2.05) is 44.2 Å². The second-order valence-corrected chi connectivity index (χ2v) is 5.63. The van der Waals surface area contributed by atoms with Gasteiger partial charge in [0.05, 0.1) is 5.25 Å². The SMILES string of the molecule is Cc1cc(=O)[nH]c(SC(c2ccccc2)C(C)N)n1. The summed E-state index contributed by atoms with van der Waals surface area (Å²) in [6, 6.07) is 11.4. The van der Waals surface area contributed by atoms with E-state index in [1.165, 1.54) is 17.8 Å². The van der Waals surface area contributed by atoms with Crippen LogP contribution in [0.5, 0.6) is 0 Å². The fraction of sp³-hybridized carbons (Fsp3) is 0.286. The van der Waals surface area contributed by atoms with Crippen molar-refractivity contribution in [3.63, 3.8) is 0 Å². The van der Waals surface area contributed by atoms with Crippen molar-refractivity contribution in [2.75, 3.05) is 0 Å². The Labute approximate surface area is 116 Å². The maximum Gasteiger partial charge on any atom is 0.251 e. The molecule has 0 aliphatic rings. The summed E-state index contributed by atoms with van der Waals surface area (Å²) >= 11 is 1.49. The summed E-state index contributed by atoms with van der Waals surface area (Å²) in [5.74, 6) is 0. The van der Waals surface area contributed by atoms with Crippen LogP contribution in [0.25, 0.3) is 0 Å². The van der Waals surface area contributed by atoms with Gasteiger partial charge in [-0.25, -0.2) is 4.98 Å². The van der Waals surface area contributed by atoms with E-state index in [4.69, 9.17) is 5.73 Å². The number of hydrogen-bond acceptors (Lipinski definition) is 4. The van der Waals surface area contributed by atoms with E-state index in [2.05, 4.69) is 9.97 Å². The highest BCUT2D eigenvalue weighted by Gasteiger charge is 2.18. The number of rotatable bonds is 4. The number of thioether (sulfide) groups is 1. The molecule has 0 spiro atoms. The first kappa shape index (κ1) is 13.8. The molecule has 0 aliphatic carbocycles. The number of hydrogen-bond donors (Lipinski definition) is 2. The van der Waals surface area contributed by atoms with E-state index in [-0.39, 0.29) is 16.9 Å². The number of aromatic amines is 1. The van der Waals surface area contributed by atoms with E-state index in [0.717, 1.165) is 5.56 Å². The molecule has 3 N–H and O–H groups in total. The zero-order valence-electron chi connectivity index (χ0n) is 11.0. The maximum absolute atomic E-state index is 11.5. The number of H-pyrrole nitrogens is 1. The van der Waals surface area contributed by atoms with E-state index in [1.54, 1.807) is 0 Å². The van der Waals surface area contributed by atoms with Gasteiger partial charge in [0.1, 0.15) is 0 Å². The van der Waals surface area contributed by atoms with Crippen molar-refractivity contribution >= 4 is 11.8 Å². The molecule has 5 heteroatoms. The molecule has 1 heterocycles. The Morgan fingerprint density at radius 2 is 2.00 bits per heavy atom. The summed E-state index contributed by atoms with van der Waals surface area (Å²) < 4.78 is 0. The van der Waals surface area contributed by atoms with Crippen molar-refractivity contribution in [2.24, 2.45) is 5.73 Å². The summed E-state index contributed by atoms with van der Waals surface area (Å²) in [5.41, 5.74) is 7.76. The molecule has 0 aliphatic heterocycles. The summed E-state index contributed by atoms with van der Waals surface area (Å²) in [4.78, 5) is 18.5. The monoisotopic (exact) mass is 275 g/mol. The van der Waals surface area contributed by atoms with Crippen LogP contribution in [0.1, 0.15) is 23.4 Å². The van der Waals surface area contributed by atoms with Crippen LogP contribution in [0.15, 0.2) is 46.3 Å². The summed E-state index contributed by atoms with van der Waals surface area (Å²) in [6.07, 6.45) is 0. The van der Waals surface area contributed by atoms with Gasteiger partial charge in [-0.2, -0.15) is 0 Å². The lowest BCUT2D eigenvalue weighted by molar-refractivity contribution is 0.717. The zero-order valence-corrected chi connectivity index (χ0v) is 11.8. The third kappa shape index (κ3) is 3.68. The van der Waals surface area contributed by atoms with Crippen molar-refractivity contribution in [3.8, 4) is 0 Å². The topological polar surface area (TPSA) is 71.8 Å². The van der Waals surface area contributed by atoms with E-state index in [9.17, 15) is 4.79 Å². The summed E-state index contributed by atoms with van der Waals surface area (Å²) in [5, 5.41) is 0.669. The Hall–Kier alpha value is -1.59. The van der Waals surface area contributed by atoms with Gasteiger partial charge >= 0.3 is 0 Å². The fourth-order valence-electron chi connectivity index (χ4n) is 1.85. The highest BCUT2D eigenvalue weighted by atomic mass is 32.2. The van der Waals surface area contributed by atoms with E-state index in [0.29, 0.717) is 10.9 Å². The molecular weight excluding hydrogens is 258 g/mol. The summed E-state index contributed by atoms with van der Waals surface area (Å²) in [7, 11) is 0. The smallest absolute Gasteiger partial charge is 0.251 e. The molecule has 2 rings (SSSR count). The molecule has 1 aromatic heterocycles. The minimum absolute atomic E-state index is 0.0433. The van der Waals surface area contributed by atoms with Gasteiger partial charge in [0.15, 0.2) is 5.16 Å².